The molecule has 0 saturated heterocycles. The van der Waals surface area contributed by atoms with E-state index in [0.717, 1.165) is 25.2 Å². The second-order valence-electron chi connectivity index (χ2n) is 4.85. The monoisotopic (exact) mass is 276 g/mol. The maximum absolute atomic E-state index is 14.4. The van der Waals surface area contributed by atoms with E-state index in [1.165, 1.54) is 0 Å². The third kappa shape index (κ3) is 2.88. The lowest BCUT2D eigenvalue weighted by atomic mass is 10.0. The number of rotatable bonds is 6. The van der Waals surface area contributed by atoms with Crippen LogP contribution in [0.4, 0.5) is 4.39 Å². The zero-order valence-corrected chi connectivity index (χ0v) is 12.2. The molecule has 1 N–H and O–H groups in total. The maximum atomic E-state index is 14.4. The number of halogens is 1. The Hall–Kier alpha value is -1.75. The molecule has 4 nitrogen and oxygen atoms in total. The summed E-state index contributed by atoms with van der Waals surface area (Å²) in [6.45, 7) is 7.40. The molecule has 108 valence electrons. The van der Waals surface area contributed by atoms with Gasteiger partial charge in [0.25, 0.3) is 0 Å². The van der Waals surface area contributed by atoms with Crippen molar-refractivity contribution in [3.05, 3.63) is 47.0 Å². The predicted octanol–water partition coefficient (Wildman–Crippen LogP) is 2.83. The lowest BCUT2D eigenvalue weighted by Gasteiger charge is -2.20. The Labute approximate surface area is 119 Å². The third-order valence-corrected chi connectivity index (χ3v) is 3.32. The molecule has 0 spiro atoms. The number of hydrogen-bond acceptors (Lipinski definition) is 3. The van der Waals surface area contributed by atoms with Crippen LogP contribution in [0, 0.1) is 12.7 Å². The molecule has 1 heterocycles. The normalized spacial score (nSPS) is 12.6. The number of benzene rings is 1. The van der Waals surface area contributed by atoms with Crippen LogP contribution in [0.15, 0.2) is 24.4 Å². The van der Waals surface area contributed by atoms with Gasteiger partial charge in [-0.25, -0.2) is 9.07 Å². The Morgan fingerprint density at radius 2 is 2.15 bits per heavy atom. The van der Waals surface area contributed by atoms with Crippen LogP contribution >= 0.6 is 0 Å². The van der Waals surface area contributed by atoms with Gasteiger partial charge in [0.05, 0.1) is 17.9 Å². The lowest BCUT2D eigenvalue weighted by Crippen LogP contribution is -2.26. The highest BCUT2D eigenvalue weighted by atomic mass is 19.1. The van der Waals surface area contributed by atoms with E-state index in [1.54, 1.807) is 19.2 Å². The molecule has 0 aliphatic carbocycles. The zero-order chi connectivity index (χ0) is 14.5. The minimum Gasteiger partial charge on any atom is -0.305 e. The smallest absolute Gasteiger partial charge is 0.131 e. The fourth-order valence-electron chi connectivity index (χ4n) is 2.35. The molecule has 0 fully saturated rings. The largest absolute Gasteiger partial charge is 0.305 e. The van der Waals surface area contributed by atoms with Gasteiger partial charge in [-0.3, -0.25) is 0 Å². The van der Waals surface area contributed by atoms with Crippen molar-refractivity contribution in [2.24, 2.45) is 0 Å². The van der Waals surface area contributed by atoms with Crippen LogP contribution in [0.1, 0.15) is 43.1 Å². The first-order valence-corrected chi connectivity index (χ1v) is 7.05. The first-order valence-electron chi connectivity index (χ1n) is 7.05. The summed E-state index contributed by atoms with van der Waals surface area (Å²) in [6.07, 6.45) is 2.68. The molecular weight excluding hydrogens is 255 g/mol. The third-order valence-electron chi connectivity index (χ3n) is 3.32. The van der Waals surface area contributed by atoms with Crippen LogP contribution in [0.5, 0.6) is 0 Å². The van der Waals surface area contributed by atoms with Gasteiger partial charge < -0.3 is 5.32 Å². The van der Waals surface area contributed by atoms with Gasteiger partial charge in [0.15, 0.2) is 0 Å². The average molecular weight is 276 g/mol. The summed E-state index contributed by atoms with van der Waals surface area (Å²) in [5.41, 5.74) is 2.20. The van der Waals surface area contributed by atoms with E-state index >= 15 is 0 Å². The summed E-state index contributed by atoms with van der Waals surface area (Å²) in [6, 6.07) is 5.26. The molecule has 2 aromatic rings. The Balaban J connectivity index is 2.45. The van der Waals surface area contributed by atoms with Crippen molar-refractivity contribution >= 4 is 0 Å². The van der Waals surface area contributed by atoms with Gasteiger partial charge in [-0.2, -0.15) is 0 Å². The molecule has 1 aromatic carbocycles. The average Bonchev–Trinajstić information content (AvgIpc) is 2.88. The van der Waals surface area contributed by atoms with Gasteiger partial charge in [-0.15, -0.1) is 5.10 Å². The Morgan fingerprint density at radius 1 is 1.35 bits per heavy atom. The SMILES string of the molecule is CCCn1nncc1C(NCC)c1cccc(C)c1F. The highest BCUT2D eigenvalue weighted by Crippen LogP contribution is 2.25. The minimum atomic E-state index is -0.221. The minimum absolute atomic E-state index is 0.164. The zero-order valence-electron chi connectivity index (χ0n) is 12.2. The van der Waals surface area contributed by atoms with Crippen molar-refractivity contribution in [3.8, 4) is 0 Å². The van der Waals surface area contributed by atoms with E-state index in [-0.39, 0.29) is 11.9 Å². The summed E-state index contributed by atoms with van der Waals surface area (Å²) in [7, 11) is 0. The highest BCUT2D eigenvalue weighted by molar-refractivity contribution is 5.32. The van der Waals surface area contributed by atoms with Crippen LogP contribution in [0.3, 0.4) is 0 Å². The molecule has 0 aliphatic heterocycles. The molecule has 0 aliphatic rings. The Kier molecular flexibility index (Phi) is 4.84. The maximum Gasteiger partial charge on any atom is 0.131 e. The molecule has 1 unspecified atom stereocenters. The summed E-state index contributed by atoms with van der Waals surface area (Å²) in [5, 5.41) is 11.4. The van der Waals surface area contributed by atoms with E-state index in [2.05, 4.69) is 22.6 Å². The Morgan fingerprint density at radius 3 is 2.85 bits per heavy atom. The van der Waals surface area contributed by atoms with Gasteiger partial charge in [0, 0.05) is 12.1 Å². The molecule has 5 heteroatoms. The van der Waals surface area contributed by atoms with Gasteiger partial charge in [0.2, 0.25) is 0 Å². The standard InChI is InChI=1S/C15H21FN4/c1-4-9-20-13(10-18-19-20)15(17-5-2)12-8-6-7-11(3)14(12)16/h6-8,10,15,17H,4-5,9H2,1-3H3. The van der Waals surface area contributed by atoms with Gasteiger partial charge in [-0.05, 0) is 25.5 Å². The van der Waals surface area contributed by atoms with E-state index in [0.29, 0.717) is 11.1 Å². The van der Waals surface area contributed by atoms with Crippen molar-refractivity contribution in [1.82, 2.24) is 20.3 Å². The Bertz CT molecular complexity index is 565. The topological polar surface area (TPSA) is 42.7 Å². The number of aryl methyl sites for hydroxylation is 2. The van der Waals surface area contributed by atoms with Crippen LogP contribution in [0.25, 0.3) is 0 Å². The van der Waals surface area contributed by atoms with Crippen LogP contribution in [-0.4, -0.2) is 21.5 Å². The number of hydrogen-bond donors (Lipinski definition) is 1. The quantitative estimate of drug-likeness (QED) is 0.882. The fourth-order valence-corrected chi connectivity index (χ4v) is 2.35. The molecule has 0 amide bonds. The number of aromatic nitrogens is 3. The van der Waals surface area contributed by atoms with Crippen LogP contribution in [-0.2, 0) is 6.54 Å². The first kappa shape index (κ1) is 14.7. The van der Waals surface area contributed by atoms with Gasteiger partial charge in [-0.1, -0.05) is 37.3 Å². The second-order valence-corrected chi connectivity index (χ2v) is 4.85. The van der Waals surface area contributed by atoms with Crippen molar-refractivity contribution in [1.29, 1.82) is 0 Å². The second kappa shape index (κ2) is 6.61. The number of nitrogens with zero attached hydrogens (tertiary/aromatic N) is 3. The summed E-state index contributed by atoms with van der Waals surface area (Å²) in [4.78, 5) is 0. The molecule has 1 atom stereocenters. The molecule has 20 heavy (non-hydrogen) atoms. The van der Waals surface area contributed by atoms with Crippen molar-refractivity contribution in [2.75, 3.05) is 6.54 Å². The highest BCUT2D eigenvalue weighted by Gasteiger charge is 2.21. The molecule has 0 bridgehead atoms. The molecule has 0 saturated carbocycles. The predicted molar refractivity (Wildman–Crippen MR) is 77.0 cm³/mol. The molecule has 1 aromatic heterocycles. The van der Waals surface area contributed by atoms with E-state index in [1.807, 2.05) is 23.7 Å². The van der Waals surface area contributed by atoms with Crippen molar-refractivity contribution < 1.29 is 4.39 Å². The number of nitrogens with one attached hydrogen (secondary N) is 1. The van der Waals surface area contributed by atoms with E-state index in [9.17, 15) is 4.39 Å². The molecule has 2 rings (SSSR count). The van der Waals surface area contributed by atoms with Crippen molar-refractivity contribution in [3.63, 3.8) is 0 Å². The molecular formula is C15H21FN4. The summed E-state index contributed by atoms with van der Waals surface area (Å²) in [5.74, 6) is -0.164. The van der Waals surface area contributed by atoms with Crippen molar-refractivity contribution in [2.45, 2.75) is 39.8 Å². The van der Waals surface area contributed by atoms with E-state index in [4.69, 9.17) is 0 Å². The summed E-state index contributed by atoms with van der Waals surface area (Å²) >= 11 is 0. The van der Waals surface area contributed by atoms with Gasteiger partial charge >= 0.3 is 0 Å². The molecule has 0 radical (unpaired) electrons. The van der Waals surface area contributed by atoms with E-state index < -0.39 is 0 Å². The van der Waals surface area contributed by atoms with Crippen LogP contribution < -0.4 is 5.32 Å². The first-order chi connectivity index (χ1) is 9.69. The fraction of sp³-hybridized carbons (Fsp3) is 0.467. The van der Waals surface area contributed by atoms with Gasteiger partial charge in [0.1, 0.15) is 5.82 Å². The van der Waals surface area contributed by atoms with Crippen LogP contribution in [0.2, 0.25) is 0 Å². The lowest BCUT2D eigenvalue weighted by molar-refractivity contribution is 0.495. The summed E-state index contributed by atoms with van der Waals surface area (Å²) < 4.78 is 16.2.